The molecular weight excluding hydrogens is 405 g/mol. The van der Waals surface area contributed by atoms with Gasteiger partial charge in [-0.3, -0.25) is 4.90 Å². The molecule has 0 aromatic heterocycles. The van der Waals surface area contributed by atoms with E-state index in [2.05, 4.69) is 23.2 Å². The molecule has 154 valence electrons. The highest BCUT2D eigenvalue weighted by atomic mass is 35.5. The van der Waals surface area contributed by atoms with Crippen LogP contribution in [-0.4, -0.2) is 37.2 Å². The average molecular weight is 432 g/mol. The average Bonchev–Trinajstić information content (AvgIpc) is 2.74. The number of hydrogen-bond acceptors (Lipinski definition) is 4. The Hall–Kier alpha value is -1.77. The van der Waals surface area contributed by atoms with E-state index in [4.69, 9.17) is 33.2 Å². The summed E-state index contributed by atoms with van der Waals surface area (Å²) in [4.78, 5) is 2.47. The Morgan fingerprint density at radius 3 is 2.52 bits per heavy atom. The van der Waals surface area contributed by atoms with Crippen LogP contribution >= 0.6 is 23.2 Å². The van der Waals surface area contributed by atoms with Gasteiger partial charge in [-0.2, -0.15) is 5.26 Å². The minimum atomic E-state index is 0.417. The van der Waals surface area contributed by atoms with E-state index < -0.39 is 0 Å². The molecule has 0 radical (unpaired) electrons. The molecule has 1 heterocycles. The van der Waals surface area contributed by atoms with Crippen molar-refractivity contribution in [2.75, 3.05) is 26.2 Å². The zero-order chi connectivity index (χ0) is 20.6. The maximum absolute atomic E-state index is 8.84. The van der Waals surface area contributed by atoms with Crippen molar-refractivity contribution < 1.29 is 4.74 Å². The van der Waals surface area contributed by atoms with Gasteiger partial charge in [0.05, 0.1) is 28.3 Å². The number of ether oxygens (including phenoxy) is 1. The molecule has 1 N–H and O–H groups in total. The van der Waals surface area contributed by atoms with Crippen molar-refractivity contribution >= 4 is 23.2 Å². The topological polar surface area (TPSA) is 48.3 Å². The Morgan fingerprint density at radius 1 is 1.14 bits per heavy atom. The fourth-order valence-corrected chi connectivity index (χ4v) is 3.80. The zero-order valence-corrected chi connectivity index (χ0v) is 18.2. The standard InChI is InChI=1S/C23H27Cl2N3O/c1-17(16-29-21-5-2-18(13-26)3-6-21)14-27-20-8-10-28(11-9-20)15-19-4-7-22(24)23(25)12-19/h2-7,12,17,20,27H,8-11,14-16H2,1H3/t17-/m0/s1. The maximum atomic E-state index is 8.84. The number of likely N-dealkylation sites (tertiary alicyclic amines) is 1. The molecule has 2 aromatic carbocycles. The summed E-state index contributed by atoms with van der Waals surface area (Å²) in [7, 11) is 0. The molecule has 2 aromatic rings. The van der Waals surface area contributed by atoms with Crippen molar-refractivity contribution in [2.45, 2.75) is 32.4 Å². The number of rotatable bonds is 8. The van der Waals surface area contributed by atoms with Crippen LogP contribution in [0.2, 0.25) is 10.0 Å². The maximum Gasteiger partial charge on any atom is 0.119 e. The molecule has 0 spiro atoms. The Kier molecular flexibility index (Phi) is 8.20. The molecule has 3 rings (SSSR count). The molecule has 1 fully saturated rings. The Labute approximate surface area is 183 Å². The van der Waals surface area contributed by atoms with Gasteiger partial charge in [-0.05, 0) is 67.9 Å². The van der Waals surface area contributed by atoms with Gasteiger partial charge >= 0.3 is 0 Å². The monoisotopic (exact) mass is 431 g/mol. The molecule has 0 saturated carbocycles. The summed E-state index contributed by atoms with van der Waals surface area (Å²) in [6.45, 7) is 6.86. The van der Waals surface area contributed by atoms with Crippen LogP contribution in [-0.2, 0) is 6.54 Å². The van der Waals surface area contributed by atoms with E-state index in [1.807, 2.05) is 30.3 Å². The minimum absolute atomic E-state index is 0.417. The predicted molar refractivity (Wildman–Crippen MR) is 119 cm³/mol. The summed E-state index contributed by atoms with van der Waals surface area (Å²) >= 11 is 12.1. The third kappa shape index (κ3) is 6.90. The molecule has 0 amide bonds. The van der Waals surface area contributed by atoms with E-state index in [-0.39, 0.29) is 0 Å². The fraction of sp³-hybridized carbons (Fsp3) is 0.435. The molecular formula is C23H27Cl2N3O. The second-order valence-corrected chi connectivity index (χ2v) is 8.57. The summed E-state index contributed by atoms with van der Waals surface area (Å²) in [5.41, 5.74) is 1.86. The first-order valence-electron chi connectivity index (χ1n) is 10.1. The van der Waals surface area contributed by atoms with Crippen molar-refractivity contribution in [1.82, 2.24) is 10.2 Å². The van der Waals surface area contributed by atoms with Gasteiger partial charge in [0.15, 0.2) is 0 Å². The first-order chi connectivity index (χ1) is 14.0. The number of nitrogens with one attached hydrogen (secondary N) is 1. The lowest BCUT2D eigenvalue weighted by molar-refractivity contribution is 0.182. The minimum Gasteiger partial charge on any atom is -0.493 e. The second-order valence-electron chi connectivity index (χ2n) is 7.76. The van der Waals surface area contributed by atoms with E-state index in [9.17, 15) is 0 Å². The van der Waals surface area contributed by atoms with Crippen molar-refractivity contribution in [3.63, 3.8) is 0 Å². The van der Waals surface area contributed by atoms with Gasteiger partial charge in [0.25, 0.3) is 0 Å². The molecule has 0 bridgehead atoms. The fourth-order valence-electron chi connectivity index (χ4n) is 3.48. The smallest absolute Gasteiger partial charge is 0.119 e. The molecule has 6 heteroatoms. The third-order valence-corrected chi connectivity index (χ3v) is 5.99. The van der Waals surface area contributed by atoms with Crippen molar-refractivity contribution in [3.05, 3.63) is 63.6 Å². The molecule has 1 atom stereocenters. The summed E-state index contributed by atoms with van der Waals surface area (Å²) in [6.07, 6.45) is 2.29. The van der Waals surface area contributed by atoms with Crippen molar-refractivity contribution in [2.24, 2.45) is 5.92 Å². The molecule has 0 aliphatic carbocycles. The number of halogens is 2. The Morgan fingerprint density at radius 2 is 1.86 bits per heavy atom. The molecule has 1 saturated heterocycles. The summed E-state index contributed by atoms with van der Waals surface area (Å²) < 4.78 is 5.83. The van der Waals surface area contributed by atoms with Crippen molar-refractivity contribution in [1.29, 1.82) is 5.26 Å². The molecule has 29 heavy (non-hydrogen) atoms. The van der Waals surface area contributed by atoms with E-state index in [1.165, 1.54) is 5.56 Å². The van der Waals surface area contributed by atoms with Gasteiger partial charge in [0.2, 0.25) is 0 Å². The number of hydrogen-bond donors (Lipinski definition) is 1. The number of nitrogens with zero attached hydrogens (tertiary/aromatic N) is 2. The van der Waals surface area contributed by atoms with Gasteiger partial charge in [0.1, 0.15) is 5.75 Å². The normalized spacial score (nSPS) is 16.3. The lowest BCUT2D eigenvalue weighted by atomic mass is 10.0. The van der Waals surface area contributed by atoms with Crippen LogP contribution in [0.1, 0.15) is 30.9 Å². The van der Waals surface area contributed by atoms with E-state index in [1.54, 1.807) is 12.1 Å². The quantitative estimate of drug-likeness (QED) is 0.628. The number of nitriles is 1. The van der Waals surface area contributed by atoms with Gasteiger partial charge in [-0.1, -0.05) is 36.2 Å². The first-order valence-corrected chi connectivity index (χ1v) is 10.8. The SMILES string of the molecule is C[C@@H](CNC1CCN(Cc2ccc(Cl)c(Cl)c2)CC1)COc1ccc(C#N)cc1. The number of benzene rings is 2. The zero-order valence-electron chi connectivity index (χ0n) is 16.7. The van der Waals surface area contributed by atoms with E-state index in [0.717, 1.165) is 44.8 Å². The highest BCUT2D eigenvalue weighted by Crippen LogP contribution is 2.24. The summed E-state index contributed by atoms with van der Waals surface area (Å²) in [5.74, 6) is 1.23. The predicted octanol–water partition coefficient (Wildman–Crippen LogP) is 5.13. The molecule has 4 nitrogen and oxygen atoms in total. The number of piperidine rings is 1. The molecule has 1 aliphatic heterocycles. The summed E-state index contributed by atoms with van der Waals surface area (Å²) in [5, 5.41) is 13.8. The molecule has 1 aliphatic rings. The van der Waals surface area contributed by atoms with Crippen LogP contribution in [0.25, 0.3) is 0 Å². The second kappa shape index (κ2) is 10.8. The van der Waals surface area contributed by atoms with Gasteiger partial charge in [-0.15, -0.1) is 0 Å². The van der Waals surface area contributed by atoms with Crippen molar-refractivity contribution in [3.8, 4) is 11.8 Å². The Balaban J connectivity index is 1.33. The van der Waals surface area contributed by atoms with Crippen LogP contribution in [0, 0.1) is 17.2 Å². The summed E-state index contributed by atoms with van der Waals surface area (Å²) in [6, 6.07) is 15.8. The van der Waals surface area contributed by atoms with Crippen LogP contribution < -0.4 is 10.1 Å². The van der Waals surface area contributed by atoms with Crippen LogP contribution in [0.4, 0.5) is 0 Å². The lowest BCUT2D eigenvalue weighted by Gasteiger charge is -2.33. The molecule has 0 unspecified atom stereocenters. The third-order valence-electron chi connectivity index (χ3n) is 5.25. The van der Waals surface area contributed by atoms with Crippen LogP contribution in [0.3, 0.4) is 0 Å². The van der Waals surface area contributed by atoms with Crippen LogP contribution in [0.15, 0.2) is 42.5 Å². The highest BCUT2D eigenvalue weighted by molar-refractivity contribution is 6.42. The van der Waals surface area contributed by atoms with Crippen LogP contribution in [0.5, 0.6) is 5.75 Å². The van der Waals surface area contributed by atoms with E-state index in [0.29, 0.717) is 34.2 Å². The van der Waals surface area contributed by atoms with E-state index >= 15 is 0 Å². The van der Waals surface area contributed by atoms with Gasteiger partial charge in [0, 0.05) is 25.0 Å². The van der Waals surface area contributed by atoms with Gasteiger partial charge in [-0.25, -0.2) is 0 Å². The first kappa shape index (κ1) is 21.9. The Bertz CT molecular complexity index is 827. The highest BCUT2D eigenvalue weighted by Gasteiger charge is 2.19. The lowest BCUT2D eigenvalue weighted by Crippen LogP contribution is -2.43. The van der Waals surface area contributed by atoms with Gasteiger partial charge < -0.3 is 10.1 Å². The largest absolute Gasteiger partial charge is 0.493 e.